The monoisotopic (exact) mass is 142 g/mol. The third-order valence-electron chi connectivity index (χ3n) is 2.55. The Hall–Kier alpha value is -0.0800. The Labute approximate surface area is 63.4 Å². The number of nitrogens with two attached hydrogens (primary N) is 1. The molecule has 0 saturated carbocycles. The highest BCUT2D eigenvalue weighted by Crippen LogP contribution is 2.14. The summed E-state index contributed by atoms with van der Waals surface area (Å²) in [6, 6.07) is 0.411. The normalized spacial score (nSPS) is 36.3. The second-order valence-electron chi connectivity index (χ2n) is 3.32. The average molecular weight is 142 g/mol. The minimum Gasteiger partial charge on any atom is -0.326 e. The number of rotatable bonds is 1. The lowest BCUT2D eigenvalue weighted by Gasteiger charge is -2.34. The molecule has 0 aromatic carbocycles. The van der Waals surface area contributed by atoms with Crippen LogP contribution in [0.3, 0.4) is 0 Å². The maximum absolute atomic E-state index is 5.90. The van der Waals surface area contributed by atoms with Crippen molar-refractivity contribution < 1.29 is 0 Å². The second-order valence-corrected chi connectivity index (χ2v) is 3.32. The summed E-state index contributed by atoms with van der Waals surface area (Å²) in [5.74, 6) is 0.725. The molecule has 2 unspecified atom stereocenters. The van der Waals surface area contributed by atoms with Crippen LogP contribution >= 0.6 is 0 Å². The van der Waals surface area contributed by atoms with E-state index in [0.29, 0.717) is 6.04 Å². The van der Waals surface area contributed by atoms with Crippen molar-refractivity contribution in [2.45, 2.75) is 26.3 Å². The van der Waals surface area contributed by atoms with E-state index in [2.05, 4.69) is 18.7 Å². The first-order valence-electron chi connectivity index (χ1n) is 4.22. The first kappa shape index (κ1) is 8.02. The van der Waals surface area contributed by atoms with Gasteiger partial charge in [-0.1, -0.05) is 13.8 Å². The molecule has 1 rings (SSSR count). The molecule has 2 atom stereocenters. The van der Waals surface area contributed by atoms with Gasteiger partial charge in [-0.3, -0.25) is 0 Å². The number of likely N-dealkylation sites (N-methyl/N-ethyl adjacent to an activating group) is 1. The van der Waals surface area contributed by atoms with Gasteiger partial charge in [0.2, 0.25) is 0 Å². The summed E-state index contributed by atoms with van der Waals surface area (Å²) in [7, 11) is 0. The smallest absolute Gasteiger partial charge is 0.0194 e. The molecule has 10 heavy (non-hydrogen) atoms. The van der Waals surface area contributed by atoms with Crippen molar-refractivity contribution in [1.82, 2.24) is 4.90 Å². The molecule has 60 valence electrons. The maximum atomic E-state index is 5.90. The predicted molar refractivity (Wildman–Crippen MR) is 43.9 cm³/mol. The van der Waals surface area contributed by atoms with E-state index in [4.69, 9.17) is 5.73 Å². The lowest BCUT2D eigenvalue weighted by atomic mass is 9.94. The third-order valence-corrected chi connectivity index (χ3v) is 2.55. The molecule has 2 nitrogen and oxygen atoms in total. The van der Waals surface area contributed by atoms with Gasteiger partial charge >= 0.3 is 0 Å². The molecule has 2 N–H and O–H groups in total. The van der Waals surface area contributed by atoms with Crippen molar-refractivity contribution in [3.63, 3.8) is 0 Å². The Bertz CT molecular complexity index is 103. The molecule has 0 radical (unpaired) electrons. The minimum atomic E-state index is 0.411. The van der Waals surface area contributed by atoms with Crippen molar-refractivity contribution >= 4 is 0 Å². The molecular weight excluding hydrogens is 124 g/mol. The number of likely N-dealkylation sites (tertiary alicyclic amines) is 1. The van der Waals surface area contributed by atoms with E-state index < -0.39 is 0 Å². The van der Waals surface area contributed by atoms with Gasteiger partial charge in [0.05, 0.1) is 0 Å². The number of hydrogen-bond acceptors (Lipinski definition) is 2. The number of piperidine rings is 1. The Morgan fingerprint density at radius 2 is 2.30 bits per heavy atom. The summed E-state index contributed by atoms with van der Waals surface area (Å²) in [5.41, 5.74) is 5.90. The van der Waals surface area contributed by atoms with E-state index >= 15 is 0 Å². The zero-order valence-electron chi connectivity index (χ0n) is 7.01. The zero-order chi connectivity index (χ0) is 7.56. The lowest BCUT2D eigenvalue weighted by Crippen LogP contribution is -2.47. The van der Waals surface area contributed by atoms with Crippen LogP contribution in [0, 0.1) is 5.92 Å². The van der Waals surface area contributed by atoms with Gasteiger partial charge in [0.1, 0.15) is 0 Å². The van der Waals surface area contributed by atoms with Crippen LogP contribution in [0.2, 0.25) is 0 Å². The van der Waals surface area contributed by atoms with Crippen LogP contribution in [-0.4, -0.2) is 30.6 Å². The van der Waals surface area contributed by atoms with Gasteiger partial charge < -0.3 is 10.6 Å². The van der Waals surface area contributed by atoms with Crippen molar-refractivity contribution in [1.29, 1.82) is 0 Å². The van der Waals surface area contributed by atoms with E-state index in [0.717, 1.165) is 19.0 Å². The molecule has 1 fully saturated rings. The van der Waals surface area contributed by atoms with Crippen molar-refractivity contribution in [2.75, 3.05) is 19.6 Å². The van der Waals surface area contributed by atoms with Crippen LogP contribution < -0.4 is 5.73 Å². The molecule has 0 aliphatic carbocycles. The van der Waals surface area contributed by atoms with Gasteiger partial charge in [-0.05, 0) is 25.4 Å². The average Bonchev–Trinajstić information content (AvgIpc) is 1.95. The standard InChI is InChI=1S/C8H18N2/c1-3-10-5-4-7(2)8(9)6-10/h7-8H,3-6,9H2,1-2H3. The van der Waals surface area contributed by atoms with Gasteiger partial charge in [0.15, 0.2) is 0 Å². The predicted octanol–water partition coefficient (Wildman–Crippen LogP) is 0.675. The van der Waals surface area contributed by atoms with Gasteiger partial charge in [0.25, 0.3) is 0 Å². The molecule has 0 bridgehead atoms. The highest BCUT2D eigenvalue weighted by Gasteiger charge is 2.21. The number of hydrogen-bond donors (Lipinski definition) is 1. The highest BCUT2D eigenvalue weighted by atomic mass is 15.1. The summed E-state index contributed by atoms with van der Waals surface area (Å²) in [6.07, 6.45) is 1.27. The van der Waals surface area contributed by atoms with Gasteiger partial charge in [-0.25, -0.2) is 0 Å². The fraction of sp³-hybridized carbons (Fsp3) is 1.00. The van der Waals surface area contributed by atoms with Crippen LogP contribution in [0.15, 0.2) is 0 Å². The second kappa shape index (κ2) is 3.35. The van der Waals surface area contributed by atoms with Crippen molar-refractivity contribution in [3.05, 3.63) is 0 Å². The lowest BCUT2D eigenvalue weighted by molar-refractivity contribution is 0.176. The van der Waals surface area contributed by atoms with Crippen LogP contribution in [-0.2, 0) is 0 Å². The van der Waals surface area contributed by atoms with E-state index in [-0.39, 0.29) is 0 Å². The summed E-state index contributed by atoms with van der Waals surface area (Å²) in [4.78, 5) is 2.42. The Morgan fingerprint density at radius 3 is 2.80 bits per heavy atom. The van der Waals surface area contributed by atoms with Crippen molar-refractivity contribution in [3.8, 4) is 0 Å². The largest absolute Gasteiger partial charge is 0.326 e. The summed E-state index contributed by atoms with van der Waals surface area (Å²) < 4.78 is 0. The fourth-order valence-electron chi connectivity index (χ4n) is 1.46. The molecule has 0 aromatic heterocycles. The third kappa shape index (κ3) is 1.70. The Kier molecular flexibility index (Phi) is 2.69. The summed E-state index contributed by atoms with van der Waals surface area (Å²) in [5, 5.41) is 0. The van der Waals surface area contributed by atoms with E-state index in [1.807, 2.05) is 0 Å². The zero-order valence-corrected chi connectivity index (χ0v) is 7.01. The molecule has 1 saturated heterocycles. The Balaban J connectivity index is 2.33. The molecule has 0 spiro atoms. The van der Waals surface area contributed by atoms with Gasteiger partial charge in [0, 0.05) is 12.6 Å². The topological polar surface area (TPSA) is 29.3 Å². The summed E-state index contributed by atoms with van der Waals surface area (Å²) in [6.45, 7) is 7.93. The molecule has 1 heterocycles. The SMILES string of the molecule is CCN1CCC(C)C(N)C1. The van der Waals surface area contributed by atoms with Crippen LogP contribution in [0.4, 0.5) is 0 Å². The van der Waals surface area contributed by atoms with E-state index in [1.165, 1.54) is 13.0 Å². The van der Waals surface area contributed by atoms with Gasteiger partial charge in [-0.2, -0.15) is 0 Å². The molecular formula is C8H18N2. The molecule has 2 heteroatoms. The van der Waals surface area contributed by atoms with E-state index in [9.17, 15) is 0 Å². The van der Waals surface area contributed by atoms with Crippen molar-refractivity contribution in [2.24, 2.45) is 11.7 Å². The molecule has 0 amide bonds. The first-order chi connectivity index (χ1) is 4.74. The van der Waals surface area contributed by atoms with Crippen LogP contribution in [0.5, 0.6) is 0 Å². The fourth-order valence-corrected chi connectivity index (χ4v) is 1.46. The minimum absolute atomic E-state index is 0.411. The first-order valence-corrected chi connectivity index (χ1v) is 4.22. The maximum Gasteiger partial charge on any atom is 0.0194 e. The number of nitrogens with zero attached hydrogens (tertiary/aromatic N) is 1. The Morgan fingerprint density at radius 1 is 1.60 bits per heavy atom. The molecule has 1 aliphatic heterocycles. The molecule has 0 aromatic rings. The van der Waals surface area contributed by atoms with Crippen LogP contribution in [0.1, 0.15) is 20.3 Å². The quantitative estimate of drug-likeness (QED) is 0.583. The molecule has 1 aliphatic rings. The van der Waals surface area contributed by atoms with E-state index in [1.54, 1.807) is 0 Å². The highest BCUT2D eigenvalue weighted by molar-refractivity contribution is 4.79. The van der Waals surface area contributed by atoms with Gasteiger partial charge in [-0.15, -0.1) is 0 Å². The summed E-state index contributed by atoms with van der Waals surface area (Å²) >= 11 is 0. The van der Waals surface area contributed by atoms with Crippen LogP contribution in [0.25, 0.3) is 0 Å².